The number of thiophene rings is 1. The molecule has 0 bridgehead atoms. The molecule has 0 fully saturated rings. The number of urea groups is 1. The first kappa shape index (κ1) is 19.9. The highest BCUT2D eigenvalue weighted by atomic mass is 32.2. The Hall–Kier alpha value is -1.87. The molecule has 0 saturated heterocycles. The lowest BCUT2D eigenvalue weighted by atomic mass is 9.89. The maximum absolute atomic E-state index is 13.1. The Morgan fingerprint density at radius 2 is 2.15 bits per heavy atom. The minimum absolute atomic E-state index is 0.0250. The van der Waals surface area contributed by atoms with Crippen molar-refractivity contribution in [3.05, 3.63) is 20.8 Å². The normalized spacial score (nSPS) is 16.2. The van der Waals surface area contributed by atoms with Gasteiger partial charge in [0.1, 0.15) is 4.83 Å². The molecule has 146 valence electrons. The van der Waals surface area contributed by atoms with Crippen LogP contribution in [-0.2, 0) is 24.2 Å². The van der Waals surface area contributed by atoms with Gasteiger partial charge in [-0.1, -0.05) is 18.7 Å². The molecule has 0 aromatic carbocycles. The third-order valence-electron chi connectivity index (χ3n) is 4.62. The van der Waals surface area contributed by atoms with Crippen molar-refractivity contribution in [2.24, 2.45) is 5.92 Å². The van der Waals surface area contributed by atoms with Gasteiger partial charge in [-0.15, -0.1) is 11.3 Å². The van der Waals surface area contributed by atoms with Crippen molar-refractivity contribution in [2.75, 3.05) is 12.3 Å². The molecule has 2 N–H and O–H groups in total. The molecule has 7 nitrogen and oxygen atoms in total. The summed E-state index contributed by atoms with van der Waals surface area (Å²) in [5.41, 5.74) is 1.14. The summed E-state index contributed by atoms with van der Waals surface area (Å²) < 4.78 is 1.62. The summed E-state index contributed by atoms with van der Waals surface area (Å²) in [5, 5.41) is 6.05. The zero-order valence-corrected chi connectivity index (χ0v) is 17.4. The van der Waals surface area contributed by atoms with Crippen molar-refractivity contribution in [1.29, 1.82) is 0 Å². The molecule has 0 spiro atoms. The molecule has 0 aliphatic heterocycles. The van der Waals surface area contributed by atoms with Crippen LogP contribution in [0.5, 0.6) is 0 Å². The minimum Gasteiger partial charge on any atom is -0.338 e. The van der Waals surface area contributed by atoms with Gasteiger partial charge in [0.2, 0.25) is 5.91 Å². The predicted molar refractivity (Wildman–Crippen MR) is 109 cm³/mol. The summed E-state index contributed by atoms with van der Waals surface area (Å²) >= 11 is 2.78. The van der Waals surface area contributed by atoms with Gasteiger partial charge in [0.25, 0.3) is 5.56 Å². The third-order valence-corrected chi connectivity index (χ3v) is 6.74. The highest BCUT2D eigenvalue weighted by molar-refractivity contribution is 7.99. The number of imide groups is 1. The first-order valence-electron chi connectivity index (χ1n) is 9.20. The van der Waals surface area contributed by atoms with E-state index in [9.17, 15) is 14.4 Å². The van der Waals surface area contributed by atoms with Crippen LogP contribution in [0.2, 0.25) is 0 Å². The Labute approximate surface area is 165 Å². The second-order valence-electron chi connectivity index (χ2n) is 6.67. The number of nitrogens with one attached hydrogen (secondary N) is 2. The Bertz CT molecular complexity index is 935. The van der Waals surface area contributed by atoms with Crippen molar-refractivity contribution in [2.45, 2.75) is 51.7 Å². The van der Waals surface area contributed by atoms with Crippen LogP contribution in [0.1, 0.15) is 37.6 Å². The number of rotatable bonds is 5. The zero-order valence-electron chi connectivity index (χ0n) is 15.8. The molecule has 0 saturated carbocycles. The number of nitrogens with zero attached hydrogens (tertiary/aromatic N) is 2. The Morgan fingerprint density at radius 1 is 1.37 bits per heavy atom. The van der Waals surface area contributed by atoms with Gasteiger partial charge in [-0.2, -0.15) is 0 Å². The van der Waals surface area contributed by atoms with Crippen LogP contribution in [0, 0.1) is 5.92 Å². The fourth-order valence-corrected chi connectivity index (χ4v) is 5.58. The van der Waals surface area contributed by atoms with Gasteiger partial charge in [-0.05, 0) is 44.6 Å². The molecule has 1 aliphatic carbocycles. The topological polar surface area (TPSA) is 93.1 Å². The molecule has 1 atom stereocenters. The van der Waals surface area contributed by atoms with Gasteiger partial charge >= 0.3 is 6.03 Å². The number of fused-ring (bicyclic) bond motifs is 3. The fraction of sp³-hybridized carbons (Fsp3) is 0.556. The van der Waals surface area contributed by atoms with Gasteiger partial charge < -0.3 is 5.32 Å². The van der Waals surface area contributed by atoms with Gasteiger partial charge in [-0.25, -0.2) is 9.78 Å². The molecule has 3 amide bonds. The van der Waals surface area contributed by atoms with E-state index < -0.39 is 11.9 Å². The Balaban J connectivity index is 1.87. The Kier molecular flexibility index (Phi) is 6.21. The number of hydrogen-bond donors (Lipinski definition) is 2. The van der Waals surface area contributed by atoms with E-state index in [4.69, 9.17) is 0 Å². The van der Waals surface area contributed by atoms with Crippen LogP contribution in [0.15, 0.2) is 9.95 Å². The first-order valence-corrected chi connectivity index (χ1v) is 11.0. The summed E-state index contributed by atoms with van der Waals surface area (Å²) in [5.74, 6) is 0.241. The molecule has 2 heterocycles. The minimum atomic E-state index is -0.514. The smallest absolute Gasteiger partial charge is 0.321 e. The average molecular weight is 409 g/mol. The van der Waals surface area contributed by atoms with Gasteiger partial charge in [0.05, 0.1) is 11.1 Å². The third kappa shape index (κ3) is 4.19. The van der Waals surface area contributed by atoms with E-state index in [0.29, 0.717) is 24.2 Å². The fourth-order valence-electron chi connectivity index (χ4n) is 3.29. The lowest BCUT2D eigenvalue weighted by Gasteiger charge is -2.17. The van der Waals surface area contributed by atoms with Crippen molar-refractivity contribution in [1.82, 2.24) is 20.2 Å². The standard InChI is InChI=1S/C18H24N4O3S2/c1-4-19-17(25)20-13(23)9-26-18-21-15-14(16(24)22(18)5-2)11-7-6-10(3)8-12(11)27-15/h10H,4-9H2,1-3H3,(H2,19,20,23,25)/t10-/m1/s1. The zero-order chi connectivity index (χ0) is 19.6. The van der Waals surface area contributed by atoms with E-state index in [1.807, 2.05) is 6.92 Å². The largest absolute Gasteiger partial charge is 0.338 e. The monoisotopic (exact) mass is 408 g/mol. The first-order chi connectivity index (χ1) is 12.9. The highest BCUT2D eigenvalue weighted by Gasteiger charge is 2.24. The number of hydrogen-bond acceptors (Lipinski definition) is 6. The summed E-state index contributed by atoms with van der Waals surface area (Å²) in [6, 6.07) is -0.514. The molecule has 27 heavy (non-hydrogen) atoms. The number of thioether (sulfide) groups is 1. The van der Waals surface area contributed by atoms with Gasteiger partial charge in [-0.3, -0.25) is 19.5 Å². The molecule has 2 aromatic heterocycles. The van der Waals surface area contributed by atoms with Crippen molar-refractivity contribution < 1.29 is 9.59 Å². The maximum atomic E-state index is 13.1. The van der Waals surface area contributed by atoms with E-state index in [-0.39, 0.29) is 11.3 Å². The molecule has 0 radical (unpaired) electrons. The van der Waals surface area contributed by atoms with Crippen LogP contribution in [-0.4, -0.2) is 33.8 Å². The summed E-state index contributed by atoms with van der Waals surface area (Å²) in [4.78, 5) is 43.1. The van der Waals surface area contributed by atoms with E-state index >= 15 is 0 Å². The number of amides is 3. The molecule has 0 unspecified atom stereocenters. The van der Waals surface area contributed by atoms with E-state index in [1.165, 1.54) is 22.2 Å². The highest BCUT2D eigenvalue weighted by Crippen LogP contribution is 2.36. The van der Waals surface area contributed by atoms with Crippen LogP contribution in [0.4, 0.5) is 4.79 Å². The summed E-state index contributed by atoms with van der Waals surface area (Å²) in [6.45, 7) is 6.85. The Morgan fingerprint density at radius 3 is 2.85 bits per heavy atom. The van der Waals surface area contributed by atoms with Crippen LogP contribution in [0.3, 0.4) is 0 Å². The molecule has 1 aliphatic rings. The average Bonchev–Trinajstić information content (AvgIpc) is 2.97. The van der Waals surface area contributed by atoms with Crippen molar-refractivity contribution in [3.8, 4) is 0 Å². The number of aryl methyl sites for hydroxylation is 1. The number of carbonyl (C=O) groups excluding carboxylic acids is 2. The second kappa shape index (κ2) is 8.43. The van der Waals surface area contributed by atoms with Crippen LogP contribution in [0.25, 0.3) is 10.2 Å². The molecular weight excluding hydrogens is 384 g/mol. The molecule has 3 rings (SSSR count). The SMILES string of the molecule is CCNC(=O)NC(=O)CSc1nc2sc3c(c2c(=O)n1CC)CC[C@@H](C)C3. The second-order valence-corrected chi connectivity index (χ2v) is 8.70. The quantitative estimate of drug-likeness (QED) is 0.586. The lowest BCUT2D eigenvalue weighted by molar-refractivity contribution is -0.117. The van der Waals surface area contributed by atoms with E-state index in [1.54, 1.807) is 22.8 Å². The maximum Gasteiger partial charge on any atom is 0.321 e. The van der Waals surface area contributed by atoms with E-state index in [0.717, 1.165) is 29.5 Å². The summed E-state index contributed by atoms with van der Waals surface area (Å²) in [6.07, 6.45) is 3.03. The van der Waals surface area contributed by atoms with Crippen molar-refractivity contribution in [3.63, 3.8) is 0 Å². The molecule has 9 heteroatoms. The predicted octanol–water partition coefficient (Wildman–Crippen LogP) is 2.54. The molecule has 2 aromatic rings. The lowest BCUT2D eigenvalue weighted by Crippen LogP contribution is -2.40. The van der Waals surface area contributed by atoms with Gasteiger partial charge in [0, 0.05) is 18.0 Å². The van der Waals surface area contributed by atoms with Crippen LogP contribution >= 0.6 is 23.1 Å². The number of carbonyl (C=O) groups is 2. The van der Waals surface area contributed by atoms with Crippen LogP contribution < -0.4 is 16.2 Å². The van der Waals surface area contributed by atoms with Crippen molar-refractivity contribution >= 4 is 45.3 Å². The molecular formula is C18H24N4O3S2. The number of aromatic nitrogens is 2. The van der Waals surface area contributed by atoms with E-state index in [2.05, 4.69) is 22.5 Å². The summed E-state index contributed by atoms with van der Waals surface area (Å²) in [7, 11) is 0. The van der Waals surface area contributed by atoms with Gasteiger partial charge in [0.15, 0.2) is 5.16 Å².